The molecule has 71 heavy (non-hydrogen) atoms. The van der Waals surface area contributed by atoms with E-state index in [1.54, 1.807) is 48.5 Å². The molecular weight excluding hydrogens is 917 g/mol. The fraction of sp³-hybridized carbons (Fsp3) is 0.365. The first kappa shape index (κ1) is 47.0. The summed E-state index contributed by atoms with van der Waals surface area (Å²) in [5.74, 6) is -1.10. The number of piperazine rings is 1. The predicted octanol–water partition coefficient (Wildman–Crippen LogP) is 5.91. The topological polar surface area (TPSA) is 195 Å². The average Bonchev–Trinajstić information content (AvgIpc) is 4.13. The molecule has 1 atom stereocenters. The minimum atomic E-state index is -1.19. The van der Waals surface area contributed by atoms with Crippen LogP contribution in [0.15, 0.2) is 85.1 Å². The molecule has 1 aromatic heterocycles. The van der Waals surface area contributed by atoms with Gasteiger partial charge in [-0.15, -0.1) is 0 Å². The van der Waals surface area contributed by atoms with E-state index >= 15 is 4.39 Å². The third-order valence-electron chi connectivity index (χ3n) is 14.3. The van der Waals surface area contributed by atoms with Gasteiger partial charge in [0.05, 0.1) is 30.5 Å². The Kier molecular flexibility index (Phi) is 13.0. The van der Waals surface area contributed by atoms with Crippen molar-refractivity contribution in [1.82, 2.24) is 25.0 Å². The Morgan fingerprint density at radius 3 is 2.17 bits per heavy atom. The first-order valence-electron chi connectivity index (χ1n) is 23.9. The van der Waals surface area contributed by atoms with Crippen molar-refractivity contribution in [3.63, 3.8) is 0 Å². The lowest BCUT2D eigenvalue weighted by Crippen LogP contribution is -2.52. The van der Waals surface area contributed by atoms with Gasteiger partial charge in [0.15, 0.2) is 0 Å². The number of amides is 6. The van der Waals surface area contributed by atoms with Crippen LogP contribution in [-0.2, 0) is 30.5 Å². The molecule has 1 saturated carbocycles. The van der Waals surface area contributed by atoms with Gasteiger partial charge in [0.1, 0.15) is 40.3 Å². The van der Waals surface area contributed by atoms with Crippen LogP contribution >= 0.6 is 0 Å². The smallest absolute Gasteiger partial charge is 0.255 e. The molecule has 4 fully saturated rings. The van der Waals surface area contributed by atoms with Crippen LogP contribution in [0, 0.1) is 23.0 Å². The standard InChI is InChI=1S/C52H53F2N9O8/c1-70-44-26-37-40(55-19-14-43(37)71-35-8-6-34(7-9-35)58-51(69)52(17-18-52)50(68)57-33-4-2-32(53)3-5-33)27-42(44)61-20-15-31(16-21-61)29-60-22-24-62(25-23-60)46(65)28-56-47-38-30-63(41-12-13-45(64)59-48(41)66)49(67)36(38)10-11-39(47)54/h2-11,14,19,26-27,31,41,56H,12-13,15-18,20-25,28-30H2,1H3,(H,57,68)(H,58,69)(H,59,64,66)/t41-/m0/s1. The molecule has 17 nitrogen and oxygen atoms in total. The Balaban J connectivity index is 0.690. The number of rotatable bonds is 14. The molecule has 19 heteroatoms. The molecule has 4 aliphatic heterocycles. The van der Waals surface area contributed by atoms with Gasteiger partial charge in [0, 0.05) is 92.9 Å². The van der Waals surface area contributed by atoms with Crippen molar-refractivity contribution in [2.75, 3.05) is 80.3 Å². The fourth-order valence-corrected chi connectivity index (χ4v) is 10.1. The van der Waals surface area contributed by atoms with E-state index in [9.17, 15) is 33.2 Å². The molecule has 0 bridgehead atoms. The highest BCUT2D eigenvalue weighted by molar-refractivity contribution is 6.17. The molecule has 3 saturated heterocycles. The third-order valence-corrected chi connectivity index (χ3v) is 14.3. The lowest BCUT2D eigenvalue weighted by atomic mass is 9.95. The van der Waals surface area contributed by atoms with Gasteiger partial charge >= 0.3 is 0 Å². The van der Waals surface area contributed by atoms with Crippen LogP contribution in [0.2, 0.25) is 0 Å². The number of aromatic nitrogens is 1. The van der Waals surface area contributed by atoms with Gasteiger partial charge in [-0.25, -0.2) is 8.78 Å². The molecule has 1 aliphatic carbocycles. The molecule has 5 aliphatic rings. The minimum absolute atomic E-state index is 0.00416. The monoisotopic (exact) mass is 969 g/mol. The Bertz CT molecular complexity index is 2920. The van der Waals surface area contributed by atoms with Gasteiger partial charge in [-0.05, 0) is 117 Å². The zero-order valence-corrected chi connectivity index (χ0v) is 39.1. The molecule has 6 amide bonds. The van der Waals surface area contributed by atoms with E-state index in [4.69, 9.17) is 9.47 Å². The highest BCUT2D eigenvalue weighted by Gasteiger charge is 2.56. The number of piperidine rings is 2. The number of anilines is 4. The van der Waals surface area contributed by atoms with Crippen molar-refractivity contribution in [2.45, 2.75) is 51.1 Å². The summed E-state index contributed by atoms with van der Waals surface area (Å²) in [7, 11) is 1.65. The summed E-state index contributed by atoms with van der Waals surface area (Å²) in [4.78, 5) is 89.6. The molecule has 5 heterocycles. The van der Waals surface area contributed by atoms with Crippen LogP contribution in [0.4, 0.5) is 31.5 Å². The maximum Gasteiger partial charge on any atom is 0.255 e. The summed E-state index contributed by atoms with van der Waals surface area (Å²) in [5.41, 5.74) is 2.16. The fourth-order valence-electron chi connectivity index (χ4n) is 10.1. The van der Waals surface area contributed by atoms with Gasteiger partial charge in [0.25, 0.3) is 5.91 Å². The second-order valence-corrected chi connectivity index (χ2v) is 18.8. The summed E-state index contributed by atoms with van der Waals surface area (Å²) in [6.07, 6.45) is 4.76. The quantitative estimate of drug-likeness (QED) is 0.0761. The summed E-state index contributed by atoms with van der Waals surface area (Å²) in [5, 5.41) is 11.6. The molecular formula is C52H53F2N9O8. The van der Waals surface area contributed by atoms with Crippen molar-refractivity contribution in [1.29, 1.82) is 0 Å². The number of fused-ring (bicyclic) bond motifs is 2. The van der Waals surface area contributed by atoms with Crippen LogP contribution in [0.25, 0.3) is 10.9 Å². The Morgan fingerprint density at radius 1 is 0.817 bits per heavy atom. The van der Waals surface area contributed by atoms with Crippen LogP contribution in [-0.4, -0.2) is 121 Å². The molecule has 0 radical (unpaired) electrons. The second-order valence-electron chi connectivity index (χ2n) is 18.8. The minimum Gasteiger partial charge on any atom is -0.495 e. The summed E-state index contributed by atoms with van der Waals surface area (Å²) in [6.45, 7) is 4.92. The maximum atomic E-state index is 15.2. The molecule has 0 unspecified atom stereocenters. The van der Waals surface area contributed by atoms with Gasteiger partial charge in [-0.1, -0.05) is 0 Å². The Hall–Kier alpha value is -7.67. The summed E-state index contributed by atoms with van der Waals surface area (Å²) < 4.78 is 40.7. The number of methoxy groups -OCH3 is 1. The highest BCUT2D eigenvalue weighted by Crippen LogP contribution is 2.48. The number of benzene rings is 4. The van der Waals surface area contributed by atoms with Crippen molar-refractivity contribution in [3.8, 4) is 17.2 Å². The number of nitrogens with zero attached hydrogens (tertiary/aromatic N) is 5. The van der Waals surface area contributed by atoms with E-state index < -0.39 is 46.7 Å². The van der Waals surface area contributed by atoms with Gasteiger partial charge < -0.3 is 40.1 Å². The number of nitrogens with one attached hydrogen (secondary N) is 4. The van der Waals surface area contributed by atoms with Crippen molar-refractivity contribution >= 4 is 69.1 Å². The number of carbonyl (C=O) groups is 6. The summed E-state index contributed by atoms with van der Waals surface area (Å²) in [6, 6.07) is 19.8. The molecule has 4 aromatic carbocycles. The van der Waals surface area contributed by atoms with Gasteiger partial charge in [-0.2, -0.15) is 0 Å². The summed E-state index contributed by atoms with van der Waals surface area (Å²) >= 11 is 0. The highest BCUT2D eigenvalue weighted by atomic mass is 19.1. The zero-order valence-electron chi connectivity index (χ0n) is 39.1. The van der Waals surface area contributed by atoms with Gasteiger partial charge in [-0.3, -0.25) is 44.0 Å². The van der Waals surface area contributed by atoms with E-state index in [2.05, 4.69) is 36.1 Å². The third kappa shape index (κ3) is 9.78. The SMILES string of the molecule is COc1cc2c(Oc3ccc(NC(=O)C4(C(=O)Nc5ccc(F)cc5)CC4)cc3)ccnc2cc1N1CCC(CN2CCN(C(=O)CNc3c(F)ccc4c3CN([C@H]3CCC(=O)NC3=O)C4=O)CC2)CC1. The average molecular weight is 970 g/mol. The number of halogens is 2. The van der Waals surface area contributed by atoms with Crippen LogP contribution in [0.1, 0.15) is 54.4 Å². The first-order chi connectivity index (χ1) is 34.3. The predicted molar refractivity (Wildman–Crippen MR) is 259 cm³/mol. The first-order valence-corrected chi connectivity index (χ1v) is 23.9. The van der Waals surface area contributed by atoms with E-state index in [0.717, 1.165) is 49.1 Å². The van der Waals surface area contributed by atoms with Crippen molar-refractivity contribution in [3.05, 3.63) is 108 Å². The van der Waals surface area contributed by atoms with Crippen LogP contribution < -0.4 is 35.6 Å². The lowest BCUT2D eigenvalue weighted by molar-refractivity contribution is -0.137. The largest absolute Gasteiger partial charge is 0.495 e. The van der Waals surface area contributed by atoms with Crippen molar-refractivity contribution in [2.24, 2.45) is 11.3 Å². The number of carbonyl (C=O) groups excluding carboxylic acids is 6. The van der Waals surface area contributed by atoms with E-state index in [1.165, 1.54) is 41.3 Å². The molecule has 5 aromatic rings. The molecule has 4 N–H and O–H groups in total. The number of hydrogen-bond donors (Lipinski definition) is 4. The van der Waals surface area contributed by atoms with Gasteiger partial charge in [0.2, 0.25) is 29.5 Å². The molecule has 0 spiro atoms. The molecule has 368 valence electrons. The van der Waals surface area contributed by atoms with Crippen molar-refractivity contribution < 1.29 is 47.0 Å². The Morgan fingerprint density at radius 2 is 1.51 bits per heavy atom. The molecule has 10 rings (SSSR count). The van der Waals surface area contributed by atoms with E-state index in [1.807, 2.05) is 12.1 Å². The zero-order chi connectivity index (χ0) is 49.4. The number of hydrogen-bond acceptors (Lipinski definition) is 12. The van der Waals surface area contributed by atoms with Crippen LogP contribution in [0.5, 0.6) is 17.2 Å². The normalized spacial score (nSPS) is 19.0. The lowest BCUT2D eigenvalue weighted by Gasteiger charge is -2.39. The second kappa shape index (κ2) is 19.6. The number of ether oxygens (including phenoxy) is 2. The van der Waals surface area contributed by atoms with E-state index in [-0.39, 0.29) is 49.0 Å². The number of pyridine rings is 1. The number of imide groups is 1. The van der Waals surface area contributed by atoms with E-state index in [0.29, 0.717) is 79.1 Å². The maximum absolute atomic E-state index is 15.2. The Labute approximate surface area is 407 Å². The van der Waals surface area contributed by atoms with Crippen LogP contribution in [0.3, 0.4) is 0 Å².